The molecule has 1 atom stereocenters. The highest BCUT2D eigenvalue weighted by Crippen LogP contribution is 2.26. The zero-order valence-corrected chi connectivity index (χ0v) is 8.92. The fourth-order valence-electron chi connectivity index (χ4n) is 1.89. The predicted molar refractivity (Wildman–Crippen MR) is 58.4 cm³/mol. The van der Waals surface area contributed by atoms with E-state index in [2.05, 4.69) is 5.32 Å². The van der Waals surface area contributed by atoms with Gasteiger partial charge in [0.05, 0.1) is 10.6 Å². The van der Waals surface area contributed by atoms with Gasteiger partial charge < -0.3 is 10.4 Å². The molecule has 0 aromatic heterocycles. The highest BCUT2D eigenvalue weighted by Gasteiger charge is 2.18. The minimum atomic E-state index is -0.972. The number of nitrogens with one attached hydrogen (secondary N) is 1. The Morgan fingerprint density at radius 1 is 1.53 bits per heavy atom. The van der Waals surface area contributed by atoms with Crippen LogP contribution in [-0.4, -0.2) is 17.6 Å². The van der Waals surface area contributed by atoms with Crippen LogP contribution in [0.1, 0.15) is 34.8 Å². The van der Waals surface area contributed by atoms with Crippen molar-refractivity contribution >= 4 is 17.6 Å². The smallest absolute Gasteiger partial charge is 0.337 e. The lowest BCUT2D eigenvalue weighted by Gasteiger charge is -2.11. The number of rotatable bonds is 2. The monoisotopic (exact) mass is 225 g/mol. The van der Waals surface area contributed by atoms with Gasteiger partial charge in [-0.3, -0.25) is 0 Å². The fourth-order valence-corrected chi connectivity index (χ4v) is 2.09. The number of carboxylic acids is 1. The van der Waals surface area contributed by atoms with Crippen LogP contribution in [0, 0.1) is 0 Å². The second kappa shape index (κ2) is 4.21. The van der Waals surface area contributed by atoms with Gasteiger partial charge in [0.2, 0.25) is 0 Å². The van der Waals surface area contributed by atoms with Crippen LogP contribution in [0.25, 0.3) is 0 Å². The molecule has 1 aliphatic rings. The normalized spacial score (nSPS) is 20.5. The van der Waals surface area contributed by atoms with Crippen molar-refractivity contribution < 1.29 is 9.90 Å². The Bertz CT molecular complexity index is 386. The van der Waals surface area contributed by atoms with Gasteiger partial charge in [-0.15, -0.1) is 0 Å². The molecule has 1 saturated heterocycles. The molecule has 1 aromatic rings. The third-order valence-corrected chi connectivity index (χ3v) is 3.01. The molecule has 0 radical (unpaired) electrons. The van der Waals surface area contributed by atoms with E-state index in [-0.39, 0.29) is 11.6 Å². The summed E-state index contributed by atoms with van der Waals surface area (Å²) in [6.07, 6.45) is 2.19. The van der Waals surface area contributed by atoms with Crippen molar-refractivity contribution in [2.75, 3.05) is 6.54 Å². The Hall–Kier alpha value is -1.06. The van der Waals surface area contributed by atoms with Crippen LogP contribution in [0.2, 0.25) is 5.02 Å². The molecule has 4 heteroatoms. The van der Waals surface area contributed by atoms with E-state index in [1.54, 1.807) is 12.1 Å². The van der Waals surface area contributed by atoms with E-state index in [0.717, 1.165) is 24.9 Å². The molecule has 80 valence electrons. The molecule has 0 bridgehead atoms. The van der Waals surface area contributed by atoms with Crippen molar-refractivity contribution in [1.82, 2.24) is 5.32 Å². The Morgan fingerprint density at radius 2 is 2.33 bits per heavy atom. The number of carboxylic acid groups (broad SMARTS) is 1. The van der Waals surface area contributed by atoms with Crippen molar-refractivity contribution in [3.63, 3.8) is 0 Å². The molecule has 0 unspecified atom stereocenters. The number of halogens is 1. The summed E-state index contributed by atoms with van der Waals surface area (Å²) in [6, 6.07) is 5.48. The molecule has 2 rings (SSSR count). The summed E-state index contributed by atoms with van der Waals surface area (Å²) in [5.74, 6) is -0.972. The van der Waals surface area contributed by atoms with Crippen LogP contribution in [0.15, 0.2) is 18.2 Å². The van der Waals surface area contributed by atoms with Gasteiger partial charge in [0.1, 0.15) is 0 Å². The van der Waals surface area contributed by atoms with Crippen LogP contribution < -0.4 is 5.32 Å². The largest absolute Gasteiger partial charge is 0.478 e. The van der Waals surface area contributed by atoms with Crippen molar-refractivity contribution in [2.45, 2.75) is 18.9 Å². The highest BCUT2D eigenvalue weighted by atomic mass is 35.5. The lowest BCUT2D eigenvalue weighted by molar-refractivity contribution is 0.0697. The Labute approximate surface area is 93.1 Å². The third-order valence-electron chi connectivity index (χ3n) is 2.68. The first-order chi connectivity index (χ1) is 7.18. The first kappa shape index (κ1) is 10.5. The lowest BCUT2D eigenvalue weighted by atomic mass is 10.0. The van der Waals surface area contributed by atoms with E-state index in [4.69, 9.17) is 16.7 Å². The molecule has 0 spiro atoms. The Morgan fingerprint density at radius 3 is 2.93 bits per heavy atom. The first-order valence-corrected chi connectivity index (χ1v) is 5.32. The minimum Gasteiger partial charge on any atom is -0.478 e. The zero-order valence-electron chi connectivity index (χ0n) is 8.16. The topological polar surface area (TPSA) is 49.3 Å². The summed E-state index contributed by atoms with van der Waals surface area (Å²) in [6.45, 7) is 0.996. The van der Waals surface area contributed by atoms with Gasteiger partial charge in [0, 0.05) is 6.04 Å². The van der Waals surface area contributed by atoms with Crippen molar-refractivity contribution in [2.24, 2.45) is 0 Å². The fraction of sp³-hybridized carbons (Fsp3) is 0.364. The summed E-state index contributed by atoms with van der Waals surface area (Å²) in [7, 11) is 0. The van der Waals surface area contributed by atoms with Crippen LogP contribution in [-0.2, 0) is 0 Å². The van der Waals surface area contributed by atoms with E-state index < -0.39 is 5.97 Å². The van der Waals surface area contributed by atoms with Gasteiger partial charge in [-0.05, 0) is 37.1 Å². The third kappa shape index (κ3) is 2.13. The first-order valence-electron chi connectivity index (χ1n) is 4.94. The van der Waals surface area contributed by atoms with Gasteiger partial charge >= 0.3 is 5.97 Å². The number of benzene rings is 1. The molecule has 0 aliphatic carbocycles. The molecule has 1 heterocycles. The zero-order chi connectivity index (χ0) is 10.8. The van der Waals surface area contributed by atoms with Gasteiger partial charge in [-0.1, -0.05) is 17.7 Å². The second-order valence-corrected chi connectivity index (χ2v) is 4.10. The quantitative estimate of drug-likeness (QED) is 0.813. The number of hydrogen-bond donors (Lipinski definition) is 2. The minimum absolute atomic E-state index is 0.183. The van der Waals surface area contributed by atoms with Crippen molar-refractivity contribution in [3.05, 3.63) is 34.3 Å². The van der Waals surface area contributed by atoms with E-state index in [9.17, 15) is 4.79 Å². The maximum absolute atomic E-state index is 10.9. The van der Waals surface area contributed by atoms with Crippen LogP contribution in [0.4, 0.5) is 0 Å². The van der Waals surface area contributed by atoms with E-state index in [1.165, 1.54) is 0 Å². The Balaban J connectivity index is 2.33. The molecule has 0 amide bonds. The molecule has 2 N–H and O–H groups in total. The summed E-state index contributed by atoms with van der Waals surface area (Å²) in [5, 5.41) is 12.5. The van der Waals surface area contributed by atoms with E-state index >= 15 is 0 Å². The summed E-state index contributed by atoms with van der Waals surface area (Å²) >= 11 is 5.80. The molecule has 15 heavy (non-hydrogen) atoms. The van der Waals surface area contributed by atoms with Crippen LogP contribution in [0.3, 0.4) is 0 Å². The van der Waals surface area contributed by atoms with Gasteiger partial charge in [0.25, 0.3) is 0 Å². The lowest BCUT2D eigenvalue weighted by Crippen LogP contribution is -2.13. The van der Waals surface area contributed by atoms with E-state index in [1.807, 2.05) is 6.07 Å². The van der Waals surface area contributed by atoms with E-state index in [0.29, 0.717) is 5.02 Å². The van der Waals surface area contributed by atoms with Gasteiger partial charge in [-0.25, -0.2) is 4.79 Å². The molecular weight excluding hydrogens is 214 g/mol. The SMILES string of the molecule is O=C(O)c1cc([C@H]2CCCN2)ccc1Cl. The average molecular weight is 226 g/mol. The summed E-state index contributed by atoms with van der Waals surface area (Å²) in [4.78, 5) is 10.9. The molecule has 1 aliphatic heterocycles. The van der Waals surface area contributed by atoms with Crippen molar-refractivity contribution in [1.29, 1.82) is 0 Å². The standard InChI is InChI=1S/C11H12ClNO2/c12-9-4-3-7(6-8(9)11(14)15)10-2-1-5-13-10/h3-4,6,10,13H,1-2,5H2,(H,14,15)/t10-/m1/s1. The average Bonchev–Trinajstić information content (AvgIpc) is 2.71. The van der Waals surface area contributed by atoms with Gasteiger partial charge in [0.15, 0.2) is 0 Å². The second-order valence-electron chi connectivity index (χ2n) is 3.69. The maximum Gasteiger partial charge on any atom is 0.337 e. The number of hydrogen-bond acceptors (Lipinski definition) is 2. The van der Waals surface area contributed by atoms with Crippen LogP contribution in [0.5, 0.6) is 0 Å². The van der Waals surface area contributed by atoms with Crippen molar-refractivity contribution in [3.8, 4) is 0 Å². The predicted octanol–water partition coefficient (Wildman–Crippen LogP) is 2.46. The molecule has 1 aromatic carbocycles. The highest BCUT2D eigenvalue weighted by molar-refractivity contribution is 6.33. The summed E-state index contributed by atoms with van der Waals surface area (Å²) in [5.41, 5.74) is 1.19. The van der Waals surface area contributed by atoms with Crippen LogP contribution >= 0.6 is 11.6 Å². The Kier molecular flexibility index (Phi) is 2.93. The molecule has 1 fully saturated rings. The summed E-state index contributed by atoms with van der Waals surface area (Å²) < 4.78 is 0. The number of carbonyl (C=O) groups is 1. The molecular formula is C11H12ClNO2. The molecule has 3 nitrogen and oxygen atoms in total. The maximum atomic E-state index is 10.9. The van der Waals surface area contributed by atoms with Gasteiger partial charge in [-0.2, -0.15) is 0 Å². The molecule has 0 saturated carbocycles. The number of aromatic carboxylic acids is 1.